The lowest BCUT2D eigenvalue weighted by Gasteiger charge is -2.43. The van der Waals surface area contributed by atoms with E-state index in [4.69, 9.17) is 9.26 Å². The molecule has 1 aliphatic carbocycles. The van der Waals surface area contributed by atoms with Gasteiger partial charge in [-0.1, -0.05) is 24.4 Å². The summed E-state index contributed by atoms with van der Waals surface area (Å²) in [5.41, 5.74) is -0.444. The van der Waals surface area contributed by atoms with E-state index in [0.717, 1.165) is 31.5 Å². The Hall–Kier alpha value is -2.85. The molecule has 2 N–H and O–H groups in total. The molecule has 2 amide bonds. The largest absolute Gasteiger partial charge is 0.382 e. The average Bonchev–Trinajstić information content (AvgIpc) is 3.34. The number of aromatic nitrogens is 1. The molecule has 1 saturated heterocycles. The van der Waals surface area contributed by atoms with Gasteiger partial charge in [0.1, 0.15) is 17.3 Å². The summed E-state index contributed by atoms with van der Waals surface area (Å²) in [6.45, 7) is 5.48. The minimum absolute atomic E-state index is 0.0302. The van der Waals surface area contributed by atoms with Crippen molar-refractivity contribution in [3.63, 3.8) is 0 Å². The fraction of sp³-hybridized carbons (Fsp3) is 0.593. The van der Waals surface area contributed by atoms with E-state index in [9.17, 15) is 18.4 Å². The number of carbonyl (C=O) groups is 2. The lowest BCUT2D eigenvalue weighted by Crippen LogP contribution is -2.60. The van der Waals surface area contributed by atoms with Crippen molar-refractivity contribution in [1.82, 2.24) is 20.7 Å². The number of methoxy groups -OCH3 is 1. The maximum atomic E-state index is 14.2. The Kier molecular flexibility index (Phi) is 8.59. The fourth-order valence-corrected chi connectivity index (χ4v) is 5.46. The number of piperidine rings is 1. The van der Waals surface area contributed by atoms with Crippen LogP contribution < -0.4 is 10.6 Å². The van der Waals surface area contributed by atoms with Crippen LogP contribution in [0.5, 0.6) is 0 Å². The predicted octanol–water partition coefficient (Wildman–Crippen LogP) is 3.91. The molecule has 0 unspecified atom stereocenters. The molecule has 2 atom stereocenters. The molecule has 1 saturated carbocycles. The normalized spacial score (nSPS) is 21.5. The van der Waals surface area contributed by atoms with Crippen LogP contribution in [0.3, 0.4) is 0 Å². The van der Waals surface area contributed by atoms with Crippen molar-refractivity contribution in [2.75, 3.05) is 26.8 Å². The zero-order valence-corrected chi connectivity index (χ0v) is 21.7. The van der Waals surface area contributed by atoms with Gasteiger partial charge in [0, 0.05) is 50.0 Å². The second-order valence-corrected chi connectivity index (χ2v) is 10.8. The highest BCUT2D eigenvalue weighted by Crippen LogP contribution is 2.29. The van der Waals surface area contributed by atoms with Crippen LogP contribution in [0.25, 0.3) is 11.3 Å². The van der Waals surface area contributed by atoms with Crippen molar-refractivity contribution in [2.45, 2.75) is 70.0 Å². The number of halogens is 2. The van der Waals surface area contributed by atoms with Gasteiger partial charge in [-0.25, -0.2) is 8.78 Å². The summed E-state index contributed by atoms with van der Waals surface area (Å²) in [7, 11) is 1.59. The van der Waals surface area contributed by atoms with Crippen molar-refractivity contribution in [3.05, 3.63) is 41.7 Å². The molecule has 0 radical (unpaired) electrons. The van der Waals surface area contributed by atoms with Gasteiger partial charge in [-0.2, -0.15) is 0 Å². The van der Waals surface area contributed by atoms with E-state index >= 15 is 0 Å². The molecule has 1 aromatic heterocycles. The summed E-state index contributed by atoms with van der Waals surface area (Å²) >= 11 is 0. The highest BCUT2D eigenvalue weighted by molar-refractivity contribution is 5.93. The number of nitrogens with zero attached hydrogens (tertiary/aromatic N) is 2. The lowest BCUT2D eigenvalue weighted by molar-refractivity contribution is -0.130. The summed E-state index contributed by atoms with van der Waals surface area (Å²) in [6, 6.07) is 4.46. The first-order valence-corrected chi connectivity index (χ1v) is 12.9. The molecule has 2 fully saturated rings. The molecule has 2 aromatic rings. The van der Waals surface area contributed by atoms with Gasteiger partial charge in [-0.05, 0) is 45.2 Å². The van der Waals surface area contributed by atoms with Crippen LogP contribution >= 0.6 is 0 Å². The molecule has 10 heteroatoms. The highest BCUT2D eigenvalue weighted by Gasteiger charge is 2.39. The van der Waals surface area contributed by atoms with Crippen LogP contribution in [0, 0.1) is 17.6 Å². The smallest absolute Gasteiger partial charge is 0.290 e. The minimum Gasteiger partial charge on any atom is -0.382 e. The summed E-state index contributed by atoms with van der Waals surface area (Å²) < 4.78 is 37.9. The third-order valence-electron chi connectivity index (χ3n) is 7.30. The molecular formula is C27H36F2N4O4. The Morgan fingerprint density at radius 3 is 2.62 bits per heavy atom. The molecule has 202 valence electrons. The van der Waals surface area contributed by atoms with Crippen LogP contribution in [0.1, 0.15) is 62.9 Å². The zero-order valence-electron chi connectivity index (χ0n) is 21.7. The van der Waals surface area contributed by atoms with E-state index in [1.165, 1.54) is 31.4 Å². The number of benzene rings is 1. The van der Waals surface area contributed by atoms with E-state index in [-0.39, 0.29) is 22.9 Å². The second-order valence-electron chi connectivity index (χ2n) is 10.8. The van der Waals surface area contributed by atoms with E-state index in [1.54, 1.807) is 7.11 Å². The number of amides is 2. The van der Waals surface area contributed by atoms with Gasteiger partial charge >= 0.3 is 0 Å². The number of rotatable bonds is 8. The van der Waals surface area contributed by atoms with Gasteiger partial charge in [0.2, 0.25) is 11.7 Å². The Balaban J connectivity index is 1.49. The molecular weight excluding hydrogens is 482 g/mol. The highest BCUT2D eigenvalue weighted by atomic mass is 19.1. The lowest BCUT2D eigenvalue weighted by atomic mass is 9.86. The average molecular weight is 519 g/mol. The molecule has 4 rings (SSSR count). The van der Waals surface area contributed by atoms with E-state index in [0.29, 0.717) is 25.6 Å². The van der Waals surface area contributed by atoms with E-state index < -0.39 is 35.0 Å². The molecule has 8 nitrogen and oxygen atoms in total. The van der Waals surface area contributed by atoms with E-state index in [2.05, 4.69) is 20.7 Å². The molecule has 2 aliphatic rings. The first kappa shape index (κ1) is 27.2. The molecule has 1 aliphatic heterocycles. The maximum absolute atomic E-state index is 14.2. The monoisotopic (exact) mass is 518 g/mol. The van der Waals surface area contributed by atoms with Crippen LogP contribution in [0.15, 0.2) is 28.8 Å². The molecule has 1 aromatic carbocycles. The number of hydrogen-bond acceptors (Lipinski definition) is 6. The third-order valence-corrected chi connectivity index (χ3v) is 7.30. The summed E-state index contributed by atoms with van der Waals surface area (Å²) in [6.07, 6.45) is 6.50. The zero-order chi connectivity index (χ0) is 26.6. The van der Waals surface area contributed by atoms with Crippen molar-refractivity contribution < 1.29 is 27.6 Å². The first-order valence-electron chi connectivity index (χ1n) is 12.9. The third kappa shape index (κ3) is 6.73. The Morgan fingerprint density at radius 1 is 1.16 bits per heavy atom. The van der Waals surface area contributed by atoms with Gasteiger partial charge in [0.15, 0.2) is 0 Å². The molecule has 2 heterocycles. The van der Waals surface area contributed by atoms with Crippen LogP contribution in [0.4, 0.5) is 8.78 Å². The number of likely N-dealkylation sites (tertiary alicyclic amines) is 1. The van der Waals surface area contributed by atoms with Gasteiger partial charge in [0.05, 0.1) is 18.1 Å². The summed E-state index contributed by atoms with van der Waals surface area (Å²) in [4.78, 5) is 28.9. The standard InChI is InChI=1S/C27H36F2N4O4/c1-27(2,16-36-3)31-25(34)20-15-33(18-7-5-4-6-8-18)12-11-22(20)30-26(35)24-14-23(32-37-24)19-10-9-17(28)13-21(19)29/h9-10,13-14,18,20,22H,4-8,11-12,15-16H2,1-3H3,(H,30,35)(H,31,34)/t20-,22-/m1/s1. The number of carbonyl (C=O) groups excluding carboxylic acids is 2. The molecule has 0 spiro atoms. The van der Waals surface area contributed by atoms with Crippen LogP contribution in [-0.4, -0.2) is 66.3 Å². The predicted molar refractivity (Wildman–Crippen MR) is 134 cm³/mol. The SMILES string of the molecule is COCC(C)(C)NC(=O)[C@@H]1CN(C2CCCCC2)CC[C@H]1NC(=O)c1cc(-c2ccc(F)cc2F)no1. The van der Waals surface area contributed by atoms with Crippen LogP contribution in [0.2, 0.25) is 0 Å². The van der Waals surface area contributed by atoms with Crippen molar-refractivity contribution >= 4 is 11.8 Å². The van der Waals surface area contributed by atoms with E-state index in [1.807, 2.05) is 13.8 Å². The summed E-state index contributed by atoms with van der Waals surface area (Å²) in [5, 5.41) is 9.82. The Morgan fingerprint density at radius 2 is 1.92 bits per heavy atom. The van der Waals surface area contributed by atoms with Crippen molar-refractivity contribution in [1.29, 1.82) is 0 Å². The summed E-state index contributed by atoms with van der Waals surface area (Å²) in [5.74, 6) is -2.75. The van der Waals surface area contributed by atoms with Crippen molar-refractivity contribution in [3.8, 4) is 11.3 Å². The minimum atomic E-state index is -0.800. The quantitative estimate of drug-likeness (QED) is 0.550. The number of nitrogens with one attached hydrogen (secondary N) is 2. The Bertz CT molecular complexity index is 1100. The van der Waals surface area contributed by atoms with Gasteiger partial charge in [0.25, 0.3) is 5.91 Å². The number of ether oxygens (including phenoxy) is 1. The number of hydrogen-bond donors (Lipinski definition) is 2. The second kappa shape index (κ2) is 11.7. The van der Waals surface area contributed by atoms with Gasteiger partial charge < -0.3 is 19.9 Å². The maximum Gasteiger partial charge on any atom is 0.290 e. The Labute approximate surface area is 216 Å². The van der Waals surface area contributed by atoms with Gasteiger partial charge in [-0.15, -0.1) is 0 Å². The van der Waals surface area contributed by atoms with Crippen LogP contribution in [-0.2, 0) is 9.53 Å². The molecule has 0 bridgehead atoms. The van der Waals surface area contributed by atoms with Gasteiger partial charge in [-0.3, -0.25) is 14.5 Å². The first-order chi connectivity index (χ1) is 17.7. The fourth-order valence-electron chi connectivity index (χ4n) is 5.46. The van der Waals surface area contributed by atoms with Crippen molar-refractivity contribution in [2.24, 2.45) is 5.92 Å². The molecule has 37 heavy (non-hydrogen) atoms. The topological polar surface area (TPSA) is 96.7 Å².